The summed E-state index contributed by atoms with van der Waals surface area (Å²) in [6, 6.07) is 2.98. The van der Waals surface area contributed by atoms with E-state index in [2.05, 4.69) is 21.2 Å². The van der Waals surface area contributed by atoms with Crippen molar-refractivity contribution in [1.82, 2.24) is 0 Å². The summed E-state index contributed by atoms with van der Waals surface area (Å²) in [6.07, 6.45) is 0.692. The lowest BCUT2D eigenvalue weighted by atomic mass is 10.1. The molecule has 3 N–H and O–H groups in total. The zero-order chi connectivity index (χ0) is 14.9. The van der Waals surface area contributed by atoms with Gasteiger partial charge in [-0.1, -0.05) is 0 Å². The fourth-order valence-electron chi connectivity index (χ4n) is 2.04. The molecular formula is C12H15BrN2O4S. The Hall–Kier alpha value is -0.960. The Morgan fingerprint density at radius 3 is 2.75 bits per heavy atom. The molecule has 1 atom stereocenters. The van der Waals surface area contributed by atoms with E-state index < -0.39 is 10.0 Å². The van der Waals surface area contributed by atoms with Crippen LogP contribution in [-0.2, 0) is 19.6 Å². The Kier molecular flexibility index (Phi) is 4.48. The Morgan fingerprint density at radius 1 is 1.50 bits per heavy atom. The molecule has 110 valence electrons. The van der Waals surface area contributed by atoms with Crippen LogP contribution in [0.25, 0.3) is 0 Å². The van der Waals surface area contributed by atoms with Gasteiger partial charge in [-0.2, -0.15) is 0 Å². The van der Waals surface area contributed by atoms with Gasteiger partial charge in [0, 0.05) is 11.1 Å². The van der Waals surface area contributed by atoms with Crippen LogP contribution in [0.15, 0.2) is 21.5 Å². The van der Waals surface area contributed by atoms with Crippen molar-refractivity contribution in [2.24, 2.45) is 11.1 Å². The number of ether oxygens (including phenoxy) is 1. The van der Waals surface area contributed by atoms with Crippen LogP contribution in [-0.4, -0.2) is 27.5 Å². The summed E-state index contributed by atoms with van der Waals surface area (Å²) in [4.78, 5) is 12.0. The van der Waals surface area contributed by atoms with Crippen molar-refractivity contribution in [2.45, 2.75) is 18.2 Å². The smallest absolute Gasteiger partial charge is 0.238 e. The molecule has 1 amide bonds. The van der Waals surface area contributed by atoms with Crippen molar-refractivity contribution in [2.75, 3.05) is 18.5 Å². The number of benzene rings is 1. The van der Waals surface area contributed by atoms with Gasteiger partial charge in [-0.3, -0.25) is 4.79 Å². The predicted molar refractivity (Wildman–Crippen MR) is 77.8 cm³/mol. The molecule has 1 fully saturated rings. The maximum atomic E-state index is 12.0. The van der Waals surface area contributed by atoms with Crippen LogP contribution in [0.3, 0.4) is 0 Å². The van der Waals surface area contributed by atoms with E-state index in [4.69, 9.17) is 9.88 Å². The molecule has 0 aromatic heterocycles. The molecule has 20 heavy (non-hydrogen) atoms. The fraction of sp³-hybridized carbons (Fsp3) is 0.417. The zero-order valence-electron chi connectivity index (χ0n) is 10.8. The molecule has 2 rings (SSSR count). The Bertz CT molecular complexity index is 639. The zero-order valence-corrected chi connectivity index (χ0v) is 13.3. The van der Waals surface area contributed by atoms with Gasteiger partial charge in [0.1, 0.15) is 0 Å². The van der Waals surface area contributed by atoms with Gasteiger partial charge in [0.15, 0.2) is 0 Å². The number of rotatable bonds is 3. The number of halogens is 1. The summed E-state index contributed by atoms with van der Waals surface area (Å²) in [5, 5.41) is 7.90. The Morgan fingerprint density at radius 2 is 2.20 bits per heavy atom. The van der Waals surface area contributed by atoms with Crippen molar-refractivity contribution < 1.29 is 17.9 Å². The molecule has 0 saturated carbocycles. The molecule has 1 aromatic rings. The van der Waals surface area contributed by atoms with Gasteiger partial charge < -0.3 is 10.1 Å². The van der Waals surface area contributed by atoms with Crippen molar-refractivity contribution in [3.05, 3.63) is 22.2 Å². The van der Waals surface area contributed by atoms with Crippen LogP contribution in [0.1, 0.15) is 12.0 Å². The molecule has 1 heterocycles. The quantitative estimate of drug-likeness (QED) is 0.848. The largest absolute Gasteiger partial charge is 0.381 e. The number of hydrogen-bond acceptors (Lipinski definition) is 4. The summed E-state index contributed by atoms with van der Waals surface area (Å²) in [7, 11) is -3.78. The summed E-state index contributed by atoms with van der Waals surface area (Å²) >= 11 is 3.24. The van der Waals surface area contributed by atoms with E-state index in [0.717, 1.165) is 0 Å². The van der Waals surface area contributed by atoms with E-state index in [1.54, 1.807) is 13.0 Å². The molecule has 1 aromatic carbocycles. The lowest BCUT2D eigenvalue weighted by molar-refractivity contribution is -0.119. The number of amides is 1. The number of anilines is 1. The number of carbonyl (C=O) groups excluding carboxylic acids is 1. The molecule has 1 unspecified atom stereocenters. The van der Waals surface area contributed by atoms with Crippen molar-refractivity contribution in [3.8, 4) is 0 Å². The highest BCUT2D eigenvalue weighted by atomic mass is 79.9. The van der Waals surface area contributed by atoms with Crippen molar-refractivity contribution >= 4 is 37.5 Å². The normalized spacial score (nSPS) is 19.1. The molecule has 1 aliphatic heterocycles. The first-order valence-electron chi connectivity index (χ1n) is 6.00. The first kappa shape index (κ1) is 15.4. The average Bonchev–Trinajstić information content (AvgIpc) is 2.85. The minimum atomic E-state index is -3.78. The molecule has 8 heteroatoms. The highest BCUT2D eigenvalue weighted by Crippen LogP contribution is 2.29. The monoisotopic (exact) mass is 362 g/mol. The predicted octanol–water partition coefficient (Wildman–Crippen LogP) is 1.38. The van der Waals surface area contributed by atoms with Crippen LogP contribution in [0, 0.1) is 12.8 Å². The first-order chi connectivity index (χ1) is 9.29. The van der Waals surface area contributed by atoms with Gasteiger partial charge in [0.05, 0.1) is 23.1 Å². The summed E-state index contributed by atoms with van der Waals surface area (Å²) in [6.45, 7) is 2.63. The standard InChI is InChI=1S/C12H15BrN2O4S/c1-7-4-10(9(13)5-11(7)20(14,17)18)15-12(16)8-2-3-19-6-8/h4-5,8H,2-3,6H2,1H3,(H,15,16)(H2,14,17,18). The molecule has 1 aliphatic rings. The highest BCUT2D eigenvalue weighted by Gasteiger charge is 2.24. The number of aryl methyl sites for hydroxylation is 1. The van der Waals surface area contributed by atoms with Crippen LogP contribution >= 0.6 is 15.9 Å². The van der Waals surface area contributed by atoms with E-state index in [-0.39, 0.29) is 16.7 Å². The molecule has 0 bridgehead atoms. The van der Waals surface area contributed by atoms with Gasteiger partial charge in [0.2, 0.25) is 15.9 Å². The number of hydrogen-bond donors (Lipinski definition) is 2. The van der Waals surface area contributed by atoms with E-state index in [1.807, 2.05) is 0 Å². The van der Waals surface area contributed by atoms with Gasteiger partial charge >= 0.3 is 0 Å². The van der Waals surface area contributed by atoms with E-state index >= 15 is 0 Å². The molecule has 0 aliphatic carbocycles. The van der Waals surface area contributed by atoms with Crippen LogP contribution in [0.5, 0.6) is 0 Å². The van der Waals surface area contributed by atoms with Crippen LogP contribution in [0.2, 0.25) is 0 Å². The summed E-state index contributed by atoms with van der Waals surface area (Å²) in [5.74, 6) is -0.300. The van der Waals surface area contributed by atoms with Crippen LogP contribution < -0.4 is 10.5 Å². The summed E-state index contributed by atoms with van der Waals surface area (Å²) in [5.41, 5.74) is 1.00. The number of nitrogens with one attached hydrogen (secondary N) is 1. The number of primary sulfonamides is 1. The minimum absolute atomic E-state index is 0.0339. The lowest BCUT2D eigenvalue weighted by Gasteiger charge is -2.13. The number of sulfonamides is 1. The number of carbonyl (C=O) groups is 1. The SMILES string of the molecule is Cc1cc(NC(=O)C2CCOC2)c(Br)cc1S(N)(=O)=O. The molecule has 0 spiro atoms. The minimum Gasteiger partial charge on any atom is -0.381 e. The van der Waals surface area contributed by atoms with Crippen molar-refractivity contribution in [3.63, 3.8) is 0 Å². The molecule has 6 nitrogen and oxygen atoms in total. The van der Waals surface area contributed by atoms with Gasteiger partial charge in [0.25, 0.3) is 0 Å². The second-order valence-corrected chi connectivity index (χ2v) is 7.08. The fourth-order valence-corrected chi connectivity index (χ4v) is 3.43. The second kappa shape index (κ2) is 5.80. The molecule has 0 radical (unpaired) electrons. The van der Waals surface area contributed by atoms with Crippen LogP contribution in [0.4, 0.5) is 5.69 Å². The van der Waals surface area contributed by atoms with Gasteiger partial charge in [-0.25, -0.2) is 13.6 Å². The first-order valence-corrected chi connectivity index (χ1v) is 8.34. The molecule has 1 saturated heterocycles. The third-order valence-corrected chi connectivity index (χ3v) is 4.84. The van der Waals surface area contributed by atoms with E-state index in [0.29, 0.717) is 35.4 Å². The van der Waals surface area contributed by atoms with Crippen molar-refractivity contribution in [1.29, 1.82) is 0 Å². The van der Waals surface area contributed by atoms with Gasteiger partial charge in [-0.05, 0) is 47.0 Å². The van der Waals surface area contributed by atoms with E-state index in [9.17, 15) is 13.2 Å². The third-order valence-electron chi connectivity index (χ3n) is 3.13. The van der Waals surface area contributed by atoms with E-state index in [1.165, 1.54) is 6.07 Å². The van der Waals surface area contributed by atoms with Gasteiger partial charge in [-0.15, -0.1) is 0 Å². The topological polar surface area (TPSA) is 98.5 Å². The Labute approximate surface area is 125 Å². The lowest BCUT2D eigenvalue weighted by Crippen LogP contribution is -2.23. The number of nitrogens with two attached hydrogens (primary N) is 1. The average molecular weight is 363 g/mol. The maximum Gasteiger partial charge on any atom is 0.238 e. The molecular weight excluding hydrogens is 348 g/mol. The third kappa shape index (κ3) is 3.38. The summed E-state index contributed by atoms with van der Waals surface area (Å²) < 4.78 is 28.4. The second-order valence-electron chi connectivity index (χ2n) is 4.69. The maximum absolute atomic E-state index is 12.0. The highest BCUT2D eigenvalue weighted by molar-refractivity contribution is 9.10. The Balaban J connectivity index is 2.25.